The van der Waals surface area contributed by atoms with Crippen molar-refractivity contribution in [2.45, 2.75) is 18.7 Å². The van der Waals surface area contributed by atoms with E-state index >= 15 is 0 Å². The monoisotopic (exact) mass is 374 g/mol. The van der Waals surface area contributed by atoms with Gasteiger partial charge in [-0.05, 0) is 52.2 Å². The molecule has 1 unspecified atom stereocenters. The molecule has 0 aliphatic rings. The summed E-state index contributed by atoms with van der Waals surface area (Å²) in [6.07, 6.45) is 0.890. The van der Waals surface area contributed by atoms with Crippen molar-refractivity contribution in [3.63, 3.8) is 0 Å². The van der Waals surface area contributed by atoms with Crippen LogP contribution in [-0.2, 0) is 0 Å². The van der Waals surface area contributed by atoms with Gasteiger partial charge >= 0.3 is 0 Å². The fourth-order valence-electron chi connectivity index (χ4n) is 1.89. The summed E-state index contributed by atoms with van der Waals surface area (Å²) >= 11 is 9.24. The lowest BCUT2D eigenvalue weighted by Crippen LogP contribution is -2.00. The van der Waals surface area contributed by atoms with Crippen LogP contribution >= 0.6 is 27.5 Å². The largest absolute Gasteiger partial charge is 0.494 e. The van der Waals surface area contributed by atoms with E-state index in [2.05, 4.69) is 15.9 Å². The van der Waals surface area contributed by atoms with Gasteiger partial charge in [-0.2, -0.15) is 0 Å². The van der Waals surface area contributed by atoms with Crippen molar-refractivity contribution in [2.24, 2.45) is 0 Å². The first-order valence-electron chi connectivity index (χ1n) is 6.54. The smallest absolute Gasteiger partial charge is 0.137 e. The lowest BCUT2D eigenvalue weighted by atomic mass is 10.0. The van der Waals surface area contributed by atoms with Gasteiger partial charge in [0.15, 0.2) is 0 Å². The Morgan fingerprint density at radius 2 is 1.95 bits per heavy atom. The first-order chi connectivity index (χ1) is 10.0. The molecule has 0 heterocycles. The summed E-state index contributed by atoms with van der Waals surface area (Å²) in [6, 6.07) is 9.28. The van der Waals surface area contributed by atoms with Crippen molar-refractivity contribution in [3.8, 4) is 5.75 Å². The molecule has 21 heavy (non-hydrogen) atoms. The van der Waals surface area contributed by atoms with E-state index in [1.54, 1.807) is 24.3 Å². The van der Waals surface area contributed by atoms with E-state index in [9.17, 15) is 8.78 Å². The molecule has 0 bridgehead atoms. The van der Waals surface area contributed by atoms with Crippen LogP contribution < -0.4 is 4.74 Å². The first-order valence-corrected chi connectivity index (χ1v) is 7.77. The van der Waals surface area contributed by atoms with Crippen molar-refractivity contribution in [1.29, 1.82) is 0 Å². The minimum absolute atomic E-state index is 0.0765. The summed E-state index contributed by atoms with van der Waals surface area (Å²) in [5.41, 5.74) is 0.760. The Balaban J connectivity index is 2.31. The lowest BCUT2D eigenvalue weighted by Gasteiger charge is -2.14. The van der Waals surface area contributed by atoms with Crippen LogP contribution in [0.3, 0.4) is 0 Å². The third-order valence-electron chi connectivity index (χ3n) is 2.94. The maximum absolute atomic E-state index is 14.0. The van der Waals surface area contributed by atoms with Crippen LogP contribution in [0.1, 0.15) is 29.8 Å². The lowest BCUT2D eigenvalue weighted by molar-refractivity contribution is 0.317. The molecule has 2 rings (SSSR count). The minimum Gasteiger partial charge on any atom is -0.494 e. The molecule has 0 aliphatic heterocycles. The maximum Gasteiger partial charge on any atom is 0.137 e. The molecule has 2 aromatic rings. The standard InChI is InChI=1S/C16H14BrClF2O/c1-2-6-21-11-5-3-4-10(7-11)16(18)12-8-15(20)13(17)9-14(12)19/h3-5,7-9,16H,2,6H2,1H3. The van der Waals surface area contributed by atoms with Gasteiger partial charge in [-0.25, -0.2) is 8.78 Å². The molecule has 2 aromatic carbocycles. The molecule has 1 atom stereocenters. The molecular weight excluding hydrogens is 362 g/mol. The zero-order valence-corrected chi connectivity index (χ0v) is 13.7. The van der Waals surface area contributed by atoms with Gasteiger partial charge in [-0.1, -0.05) is 19.1 Å². The van der Waals surface area contributed by atoms with Gasteiger partial charge in [0.05, 0.1) is 16.5 Å². The molecule has 5 heteroatoms. The highest BCUT2D eigenvalue weighted by Gasteiger charge is 2.18. The van der Waals surface area contributed by atoms with E-state index in [0.717, 1.165) is 18.6 Å². The van der Waals surface area contributed by atoms with Gasteiger partial charge in [0.1, 0.15) is 17.4 Å². The third-order valence-corrected chi connectivity index (χ3v) is 4.03. The highest BCUT2D eigenvalue weighted by Crippen LogP contribution is 2.34. The number of halogens is 4. The Labute approximate surface area is 136 Å². The van der Waals surface area contributed by atoms with Crippen molar-refractivity contribution < 1.29 is 13.5 Å². The second-order valence-corrected chi connectivity index (χ2v) is 5.86. The quantitative estimate of drug-likeness (QED) is 0.471. The SMILES string of the molecule is CCCOc1cccc(C(Cl)c2cc(F)c(Br)cc2F)c1. The van der Waals surface area contributed by atoms with Crippen molar-refractivity contribution in [3.05, 3.63) is 63.6 Å². The van der Waals surface area contributed by atoms with Crippen LogP contribution in [0.2, 0.25) is 0 Å². The van der Waals surface area contributed by atoms with Crippen LogP contribution in [0, 0.1) is 11.6 Å². The average molecular weight is 376 g/mol. The normalized spacial score (nSPS) is 12.2. The van der Waals surface area contributed by atoms with Crippen molar-refractivity contribution in [1.82, 2.24) is 0 Å². The van der Waals surface area contributed by atoms with E-state index < -0.39 is 17.0 Å². The van der Waals surface area contributed by atoms with Crippen molar-refractivity contribution >= 4 is 27.5 Å². The zero-order valence-electron chi connectivity index (χ0n) is 11.4. The molecule has 0 saturated heterocycles. The van der Waals surface area contributed by atoms with Crippen molar-refractivity contribution in [2.75, 3.05) is 6.61 Å². The van der Waals surface area contributed by atoms with Crippen LogP contribution in [0.4, 0.5) is 8.78 Å². The average Bonchev–Trinajstić information content (AvgIpc) is 2.48. The molecule has 0 N–H and O–H groups in total. The number of benzene rings is 2. The second-order valence-electron chi connectivity index (χ2n) is 4.57. The van der Waals surface area contributed by atoms with Gasteiger partial charge < -0.3 is 4.74 Å². The summed E-state index contributed by atoms with van der Waals surface area (Å²) in [7, 11) is 0. The Morgan fingerprint density at radius 3 is 2.67 bits per heavy atom. The number of rotatable bonds is 5. The van der Waals surface area contributed by atoms with Crippen LogP contribution in [0.5, 0.6) is 5.75 Å². The highest BCUT2D eigenvalue weighted by atomic mass is 79.9. The summed E-state index contributed by atoms with van der Waals surface area (Å²) in [5.74, 6) is -0.434. The third kappa shape index (κ3) is 3.95. The summed E-state index contributed by atoms with van der Waals surface area (Å²) in [5, 5.41) is -0.780. The molecule has 0 amide bonds. The number of hydrogen-bond donors (Lipinski definition) is 0. The molecule has 0 spiro atoms. The van der Waals surface area contributed by atoms with E-state index in [0.29, 0.717) is 17.9 Å². The molecule has 0 fully saturated rings. The highest BCUT2D eigenvalue weighted by molar-refractivity contribution is 9.10. The zero-order chi connectivity index (χ0) is 15.4. The molecule has 0 aromatic heterocycles. The van der Waals surface area contributed by atoms with Gasteiger partial charge in [-0.15, -0.1) is 11.6 Å². The van der Waals surface area contributed by atoms with E-state index in [4.69, 9.17) is 16.3 Å². The Kier molecular flexibility index (Phi) is 5.59. The van der Waals surface area contributed by atoms with E-state index in [1.165, 1.54) is 0 Å². The van der Waals surface area contributed by atoms with Gasteiger partial charge in [0.2, 0.25) is 0 Å². The molecule has 0 saturated carbocycles. The molecule has 0 aliphatic carbocycles. The fraction of sp³-hybridized carbons (Fsp3) is 0.250. The predicted molar refractivity (Wildman–Crippen MR) is 84.0 cm³/mol. The molecule has 112 valence electrons. The van der Waals surface area contributed by atoms with Gasteiger partial charge in [0.25, 0.3) is 0 Å². The maximum atomic E-state index is 14.0. The van der Waals surface area contributed by atoms with Crippen LogP contribution in [0.15, 0.2) is 40.9 Å². The predicted octanol–water partition coefficient (Wildman–Crippen LogP) is 5.84. The Morgan fingerprint density at radius 1 is 1.19 bits per heavy atom. The van der Waals surface area contributed by atoms with Gasteiger partial charge in [0, 0.05) is 5.56 Å². The first kappa shape index (κ1) is 16.2. The summed E-state index contributed by atoms with van der Waals surface area (Å²) in [6.45, 7) is 2.60. The van der Waals surface area contributed by atoms with E-state index in [-0.39, 0.29) is 10.0 Å². The summed E-state index contributed by atoms with van der Waals surface area (Å²) < 4.78 is 33.1. The Hall–Kier alpha value is -1.13. The van der Waals surface area contributed by atoms with Gasteiger partial charge in [-0.3, -0.25) is 0 Å². The number of ether oxygens (including phenoxy) is 1. The molecule has 1 nitrogen and oxygen atoms in total. The van der Waals surface area contributed by atoms with Crippen LogP contribution in [-0.4, -0.2) is 6.61 Å². The summed E-state index contributed by atoms with van der Waals surface area (Å²) in [4.78, 5) is 0. The Bertz CT molecular complexity index is 634. The number of alkyl halides is 1. The second kappa shape index (κ2) is 7.23. The fourth-order valence-corrected chi connectivity index (χ4v) is 2.51. The van der Waals surface area contributed by atoms with E-state index in [1.807, 2.05) is 6.92 Å². The molecule has 0 radical (unpaired) electrons. The number of hydrogen-bond acceptors (Lipinski definition) is 1. The topological polar surface area (TPSA) is 9.23 Å². The molecular formula is C16H14BrClF2O. The van der Waals surface area contributed by atoms with Crippen LogP contribution in [0.25, 0.3) is 0 Å². The minimum atomic E-state index is -0.780.